The average molecular weight is 500 g/mol. The van der Waals surface area contributed by atoms with Crippen LogP contribution >= 0.6 is 0 Å². The maximum Gasteiger partial charge on any atom is 0.251 e. The number of nitriles is 1. The van der Waals surface area contributed by atoms with Crippen LogP contribution in [0.4, 0.5) is 17.5 Å². The molecule has 0 bridgehead atoms. The Bertz CT molecular complexity index is 1350. The molecule has 1 unspecified atom stereocenters. The third kappa shape index (κ3) is 5.17. The number of ether oxygens (including phenoxy) is 2. The van der Waals surface area contributed by atoms with Gasteiger partial charge in [0, 0.05) is 66.7 Å². The molecule has 190 valence electrons. The minimum Gasteiger partial charge on any atom is -0.495 e. The summed E-state index contributed by atoms with van der Waals surface area (Å²) in [5.41, 5.74) is 3.40. The molecule has 2 aromatic heterocycles. The molecule has 1 aromatic carbocycles. The third-order valence-electron chi connectivity index (χ3n) is 6.87. The van der Waals surface area contributed by atoms with Crippen LogP contribution in [0.5, 0.6) is 5.75 Å². The van der Waals surface area contributed by atoms with E-state index >= 15 is 0 Å². The number of fused-ring (bicyclic) bond motifs is 1. The molecule has 10 nitrogen and oxygen atoms in total. The Kier molecular flexibility index (Phi) is 6.88. The number of nitrogens with one attached hydrogen (secondary N) is 3. The monoisotopic (exact) mass is 499 g/mol. The molecule has 0 aliphatic carbocycles. The van der Waals surface area contributed by atoms with Crippen LogP contribution in [0.2, 0.25) is 0 Å². The summed E-state index contributed by atoms with van der Waals surface area (Å²) in [5, 5.41) is 18.8. The first kappa shape index (κ1) is 24.5. The van der Waals surface area contributed by atoms with Crippen LogP contribution in [0, 0.1) is 11.3 Å². The van der Waals surface area contributed by atoms with E-state index < -0.39 is 0 Å². The highest BCUT2D eigenvalue weighted by molar-refractivity contribution is 5.95. The zero-order chi connectivity index (χ0) is 25.8. The molecule has 2 aliphatic rings. The van der Waals surface area contributed by atoms with Gasteiger partial charge in [0.1, 0.15) is 11.6 Å². The number of carbonyl (C=O) groups excluding carboxylic acids is 1. The van der Waals surface area contributed by atoms with E-state index in [1.807, 2.05) is 12.1 Å². The fourth-order valence-corrected chi connectivity index (χ4v) is 4.66. The summed E-state index contributed by atoms with van der Waals surface area (Å²) in [6.45, 7) is 4.06. The van der Waals surface area contributed by atoms with E-state index in [-0.39, 0.29) is 17.4 Å². The topological polar surface area (TPSA) is 134 Å². The van der Waals surface area contributed by atoms with Gasteiger partial charge in [-0.15, -0.1) is 0 Å². The van der Waals surface area contributed by atoms with Gasteiger partial charge in [0.15, 0.2) is 0 Å². The van der Waals surface area contributed by atoms with Crippen molar-refractivity contribution in [1.29, 1.82) is 5.26 Å². The van der Waals surface area contributed by atoms with Gasteiger partial charge in [-0.25, -0.2) is 15.0 Å². The van der Waals surface area contributed by atoms with Gasteiger partial charge in [0.2, 0.25) is 5.95 Å². The van der Waals surface area contributed by atoms with E-state index in [1.54, 1.807) is 37.7 Å². The Hall–Kier alpha value is -4.23. The molecule has 0 spiro atoms. The lowest BCUT2D eigenvalue weighted by atomic mass is 9.82. The summed E-state index contributed by atoms with van der Waals surface area (Å²) >= 11 is 0. The summed E-state index contributed by atoms with van der Waals surface area (Å²) in [6, 6.07) is 11.5. The summed E-state index contributed by atoms with van der Waals surface area (Å²) in [7, 11) is 1.56. The van der Waals surface area contributed by atoms with Crippen molar-refractivity contribution < 1.29 is 14.3 Å². The van der Waals surface area contributed by atoms with E-state index in [0.717, 1.165) is 29.8 Å². The van der Waals surface area contributed by atoms with Crippen LogP contribution in [-0.4, -0.2) is 53.8 Å². The van der Waals surface area contributed by atoms with Crippen molar-refractivity contribution in [2.75, 3.05) is 37.5 Å². The highest BCUT2D eigenvalue weighted by Gasteiger charge is 2.35. The number of amides is 1. The van der Waals surface area contributed by atoms with E-state index in [4.69, 9.17) is 9.47 Å². The van der Waals surface area contributed by atoms with Crippen molar-refractivity contribution in [3.63, 3.8) is 0 Å². The van der Waals surface area contributed by atoms with Crippen molar-refractivity contribution >= 4 is 23.4 Å². The lowest BCUT2D eigenvalue weighted by Gasteiger charge is -2.23. The summed E-state index contributed by atoms with van der Waals surface area (Å²) in [6.07, 6.45) is 5.46. The van der Waals surface area contributed by atoms with Crippen molar-refractivity contribution in [2.45, 2.75) is 37.6 Å². The van der Waals surface area contributed by atoms with Crippen LogP contribution in [0.25, 0.3) is 11.3 Å². The van der Waals surface area contributed by atoms with Crippen LogP contribution in [0.15, 0.2) is 42.7 Å². The van der Waals surface area contributed by atoms with Crippen LogP contribution in [-0.2, 0) is 10.2 Å². The molecule has 10 heteroatoms. The normalized spacial score (nSPS) is 18.8. The van der Waals surface area contributed by atoms with Gasteiger partial charge in [-0.2, -0.15) is 5.26 Å². The Balaban J connectivity index is 1.35. The number of anilines is 3. The first-order chi connectivity index (χ1) is 18.0. The Morgan fingerprint density at radius 1 is 1.27 bits per heavy atom. The summed E-state index contributed by atoms with van der Waals surface area (Å²) in [5.74, 6) is 1.55. The highest BCUT2D eigenvalue weighted by Crippen LogP contribution is 2.39. The van der Waals surface area contributed by atoms with Gasteiger partial charge in [-0.05, 0) is 43.2 Å². The number of methoxy groups -OCH3 is 1. The second-order valence-electron chi connectivity index (χ2n) is 9.53. The first-order valence-corrected chi connectivity index (χ1v) is 12.3. The quantitative estimate of drug-likeness (QED) is 0.444. The second kappa shape index (κ2) is 10.4. The molecule has 0 saturated carbocycles. The van der Waals surface area contributed by atoms with E-state index in [9.17, 15) is 10.1 Å². The summed E-state index contributed by atoms with van der Waals surface area (Å²) in [4.78, 5) is 26.3. The average Bonchev–Trinajstić information content (AvgIpc) is 3.25. The number of rotatable bonds is 7. The molecule has 4 heterocycles. The molecule has 1 saturated heterocycles. The summed E-state index contributed by atoms with van der Waals surface area (Å²) < 4.78 is 10.9. The molecule has 1 amide bonds. The predicted molar refractivity (Wildman–Crippen MR) is 139 cm³/mol. The van der Waals surface area contributed by atoms with Crippen molar-refractivity contribution in [1.82, 2.24) is 20.3 Å². The highest BCUT2D eigenvalue weighted by atomic mass is 16.5. The van der Waals surface area contributed by atoms with Gasteiger partial charge in [0.05, 0.1) is 24.6 Å². The van der Waals surface area contributed by atoms with Gasteiger partial charge in [0.25, 0.3) is 5.91 Å². The molecule has 3 aromatic rings. The van der Waals surface area contributed by atoms with Gasteiger partial charge in [-0.1, -0.05) is 6.92 Å². The zero-order valence-corrected chi connectivity index (χ0v) is 20.9. The molecule has 0 radical (unpaired) electrons. The predicted octanol–water partition coefficient (Wildman–Crippen LogP) is 3.80. The Labute approximate surface area is 215 Å². The molecule has 2 aliphatic heterocycles. The SMILES string of the molecule is COc1cc(C(=O)NC2CCOCC2)ccc1Nc1nccc(-c2cnc3c(c2)C(C)(CC#N)CN3)n1. The fourth-order valence-electron chi connectivity index (χ4n) is 4.66. The molecule has 1 fully saturated rings. The lowest BCUT2D eigenvalue weighted by molar-refractivity contribution is 0.0696. The van der Waals surface area contributed by atoms with E-state index in [1.165, 1.54) is 0 Å². The number of hydrogen-bond acceptors (Lipinski definition) is 9. The van der Waals surface area contributed by atoms with Crippen molar-refractivity contribution in [3.8, 4) is 23.1 Å². The van der Waals surface area contributed by atoms with Gasteiger partial charge in [-0.3, -0.25) is 4.79 Å². The van der Waals surface area contributed by atoms with Gasteiger partial charge >= 0.3 is 0 Å². The Morgan fingerprint density at radius 3 is 2.89 bits per heavy atom. The Morgan fingerprint density at radius 2 is 2.11 bits per heavy atom. The number of hydrogen-bond donors (Lipinski definition) is 3. The van der Waals surface area contributed by atoms with E-state index in [2.05, 4.69) is 43.9 Å². The first-order valence-electron chi connectivity index (χ1n) is 12.3. The van der Waals surface area contributed by atoms with Crippen LogP contribution in [0.3, 0.4) is 0 Å². The molecule has 3 N–H and O–H groups in total. The molecule has 37 heavy (non-hydrogen) atoms. The van der Waals surface area contributed by atoms with Gasteiger partial charge < -0.3 is 25.4 Å². The van der Waals surface area contributed by atoms with Crippen LogP contribution < -0.4 is 20.7 Å². The zero-order valence-electron chi connectivity index (χ0n) is 20.9. The van der Waals surface area contributed by atoms with Crippen molar-refractivity contribution in [3.05, 3.63) is 53.9 Å². The largest absolute Gasteiger partial charge is 0.495 e. The number of nitrogens with zero attached hydrogens (tertiary/aromatic N) is 4. The molecular weight excluding hydrogens is 470 g/mol. The van der Waals surface area contributed by atoms with Crippen LogP contribution in [0.1, 0.15) is 42.1 Å². The maximum absolute atomic E-state index is 12.7. The smallest absolute Gasteiger partial charge is 0.251 e. The number of aromatic nitrogens is 3. The number of pyridine rings is 1. The number of carbonyl (C=O) groups is 1. The minimum atomic E-state index is -0.298. The standard InChI is InChI=1S/C27H29N7O3/c1-27(8-9-28)16-31-24-20(27)13-18(15-30-24)21-5-10-29-26(33-21)34-22-4-3-17(14-23(22)36-2)25(35)32-19-6-11-37-12-7-19/h3-5,10,13-15,19H,6-8,11-12,16H2,1-2H3,(H,30,31)(H,32,35)(H,29,33,34). The fraction of sp³-hybridized carbons (Fsp3) is 0.370. The molecule has 5 rings (SSSR count). The minimum absolute atomic E-state index is 0.114. The van der Waals surface area contributed by atoms with Crippen molar-refractivity contribution in [2.24, 2.45) is 0 Å². The molecule has 1 atom stereocenters. The second-order valence-corrected chi connectivity index (χ2v) is 9.53. The third-order valence-corrected chi connectivity index (χ3v) is 6.87. The lowest BCUT2D eigenvalue weighted by Crippen LogP contribution is -2.38. The van der Waals surface area contributed by atoms with E-state index in [0.29, 0.717) is 54.8 Å². The molecular formula is C27H29N7O3. The number of benzene rings is 1. The maximum atomic E-state index is 12.7.